The third-order valence-corrected chi connectivity index (χ3v) is 3.35. The Kier molecular flexibility index (Phi) is 4.48. The van der Waals surface area contributed by atoms with Gasteiger partial charge in [0.25, 0.3) is 0 Å². The smallest absolute Gasteiger partial charge is 0.307 e. The van der Waals surface area contributed by atoms with Crippen molar-refractivity contribution in [3.63, 3.8) is 0 Å². The maximum absolute atomic E-state index is 11.0. The number of rotatable bonds is 5. The highest BCUT2D eigenvalue weighted by molar-refractivity contribution is 5.77. The predicted molar refractivity (Wildman–Crippen MR) is 84.1 cm³/mol. The summed E-state index contributed by atoms with van der Waals surface area (Å²) in [6, 6.07) is 13.6. The van der Waals surface area contributed by atoms with Gasteiger partial charge in [-0.15, -0.1) is 0 Å². The minimum atomic E-state index is -0.852. The molecule has 0 saturated heterocycles. The number of ether oxygens (including phenoxy) is 1. The highest BCUT2D eigenvalue weighted by Gasteiger charge is 2.10. The van der Waals surface area contributed by atoms with Gasteiger partial charge >= 0.3 is 5.97 Å². The van der Waals surface area contributed by atoms with Crippen LogP contribution in [0.15, 0.2) is 42.5 Å². The van der Waals surface area contributed by atoms with E-state index >= 15 is 0 Å². The summed E-state index contributed by atoms with van der Waals surface area (Å²) in [6.45, 7) is 0. The molecule has 0 spiro atoms. The number of hydrogen-bond acceptors (Lipinski definition) is 3. The van der Waals surface area contributed by atoms with Gasteiger partial charge in [-0.25, -0.2) is 0 Å². The Labute approximate surface area is 124 Å². The lowest BCUT2D eigenvalue weighted by Gasteiger charge is -2.14. The van der Waals surface area contributed by atoms with Crippen LogP contribution < -0.4 is 9.64 Å². The van der Waals surface area contributed by atoms with E-state index in [2.05, 4.69) is 0 Å². The third-order valence-electron chi connectivity index (χ3n) is 3.35. The summed E-state index contributed by atoms with van der Waals surface area (Å²) in [5.74, 6) is -0.186. The molecule has 0 aliphatic rings. The highest BCUT2D eigenvalue weighted by Crippen LogP contribution is 2.29. The van der Waals surface area contributed by atoms with Crippen LogP contribution in [0.25, 0.3) is 11.1 Å². The van der Waals surface area contributed by atoms with Gasteiger partial charge in [-0.2, -0.15) is 0 Å². The minimum Gasteiger partial charge on any atom is -0.497 e. The van der Waals surface area contributed by atoms with Crippen molar-refractivity contribution in [1.82, 2.24) is 0 Å². The van der Waals surface area contributed by atoms with Crippen LogP contribution in [0.1, 0.15) is 5.56 Å². The van der Waals surface area contributed by atoms with E-state index in [1.54, 1.807) is 13.2 Å². The molecule has 2 aromatic rings. The fraction of sp³-hybridized carbons (Fsp3) is 0.235. The zero-order valence-electron chi connectivity index (χ0n) is 12.5. The van der Waals surface area contributed by atoms with Gasteiger partial charge in [0, 0.05) is 19.8 Å². The lowest BCUT2D eigenvalue weighted by molar-refractivity contribution is -0.136. The first-order valence-electron chi connectivity index (χ1n) is 6.67. The lowest BCUT2D eigenvalue weighted by Crippen LogP contribution is -2.08. The number of anilines is 1. The monoisotopic (exact) mass is 285 g/mol. The van der Waals surface area contributed by atoms with Crippen LogP contribution in [0.2, 0.25) is 0 Å². The molecule has 4 heteroatoms. The minimum absolute atomic E-state index is 0.0258. The fourth-order valence-electron chi connectivity index (χ4n) is 2.23. The molecule has 0 unspecified atom stereocenters. The van der Waals surface area contributed by atoms with Gasteiger partial charge in [0.2, 0.25) is 0 Å². The summed E-state index contributed by atoms with van der Waals surface area (Å²) < 4.78 is 5.18. The topological polar surface area (TPSA) is 49.8 Å². The maximum Gasteiger partial charge on any atom is 0.307 e. The van der Waals surface area contributed by atoms with Crippen molar-refractivity contribution in [2.24, 2.45) is 0 Å². The van der Waals surface area contributed by atoms with Gasteiger partial charge in [0.15, 0.2) is 0 Å². The van der Waals surface area contributed by atoms with E-state index in [1.165, 1.54) is 0 Å². The Balaban J connectivity index is 2.44. The zero-order valence-corrected chi connectivity index (χ0v) is 12.5. The van der Waals surface area contributed by atoms with E-state index < -0.39 is 5.97 Å². The molecular weight excluding hydrogens is 266 g/mol. The van der Waals surface area contributed by atoms with Crippen LogP contribution in [0.3, 0.4) is 0 Å². The Hall–Kier alpha value is -2.49. The Morgan fingerprint density at radius 3 is 2.33 bits per heavy atom. The maximum atomic E-state index is 11.0. The summed E-state index contributed by atoms with van der Waals surface area (Å²) in [7, 11) is 5.54. The van der Waals surface area contributed by atoms with Gasteiger partial charge in [-0.3, -0.25) is 4.79 Å². The van der Waals surface area contributed by atoms with Crippen molar-refractivity contribution in [3.05, 3.63) is 48.0 Å². The average Bonchev–Trinajstić information content (AvgIpc) is 2.46. The Bertz CT molecular complexity index is 633. The average molecular weight is 285 g/mol. The Morgan fingerprint density at radius 1 is 1.14 bits per heavy atom. The van der Waals surface area contributed by atoms with E-state index in [0.717, 1.165) is 22.4 Å². The molecule has 0 fully saturated rings. The van der Waals surface area contributed by atoms with Crippen LogP contribution >= 0.6 is 0 Å². The summed E-state index contributed by atoms with van der Waals surface area (Å²) in [5, 5.41) is 9.07. The molecule has 0 saturated carbocycles. The van der Waals surface area contributed by atoms with Crippen molar-refractivity contribution in [3.8, 4) is 16.9 Å². The molecule has 0 amide bonds. The molecule has 110 valence electrons. The molecule has 0 aliphatic heterocycles. The summed E-state index contributed by atoms with van der Waals surface area (Å²) in [5.41, 5.74) is 3.77. The molecule has 21 heavy (non-hydrogen) atoms. The molecule has 2 aromatic carbocycles. The zero-order chi connectivity index (χ0) is 15.4. The number of aliphatic carboxylic acids is 1. The number of carboxylic acid groups (broad SMARTS) is 1. The van der Waals surface area contributed by atoms with E-state index in [0.29, 0.717) is 5.75 Å². The second-order valence-electron chi connectivity index (χ2n) is 5.03. The molecule has 1 N–H and O–H groups in total. The first kappa shape index (κ1) is 14.9. The molecular formula is C17H19NO3. The summed E-state index contributed by atoms with van der Waals surface area (Å²) in [6.07, 6.45) is -0.0258. The number of hydrogen-bond donors (Lipinski definition) is 1. The van der Waals surface area contributed by atoms with Crippen LogP contribution in [0.5, 0.6) is 5.75 Å². The SMILES string of the molecule is COc1ccc(-c2ccc(N(C)C)cc2)c(CC(=O)O)c1. The quantitative estimate of drug-likeness (QED) is 0.917. The molecule has 4 nitrogen and oxygen atoms in total. The molecule has 0 aromatic heterocycles. The van der Waals surface area contributed by atoms with Gasteiger partial charge in [-0.05, 0) is 41.0 Å². The number of nitrogens with zero attached hydrogens (tertiary/aromatic N) is 1. The van der Waals surface area contributed by atoms with Crippen molar-refractivity contribution < 1.29 is 14.6 Å². The van der Waals surface area contributed by atoms with Crippen LogP contribution in [0.4, 0.5) is 5.69 Å². The van der Waals surface area contributed by atoms with E-state index in [1.807, 2.05) is 55.4 Å². The number of carboxylic acids is 1. The highest BCUT2D eigenvalue weighted by atomic mass is 16.5. The number of benzene rings is 2. The largest absolute Gasteiger partial charge is 0.497 e. The number of methoxy groups -OCH3 is 1. The lowest BCUT2D eigenvalue weighted by atomic mass is 9.97. The molecule has 0 bridgehead atoms. The van der Waals surface area contributed by atoms with Crippen LogP contribution in [0, 0.1) is 0 Å². The first-order valence-corrected chi connectivity index (χ1v) is 6.67. The summed E-state index contributed by atoms with van der Waals surface area (Å²) in [4.78, 5) is 13.1. The van der Waals surface area contributed by atoms with Crippen LogP contribution in [-0.4, -0.2) is 32.3 Å². The normalized spacial score (nSPS) is 10.2. The van der Waals surface area contributed by atoms with E-state index in [9.17, 15) is 4.79 Å². The molecule has 2 rings (SSSR count). The van der Waals surface area contributed by atoms with Crippen molar-refractivity contribution in [2.75, 3.05) is 26.1 Å². The molecule has 0 heterocycles. The predicted octanol–water partition coefficient (Wildman–Crippen LogP) is 3.06. The summed E-state index contributed by atoms with van der Waals surface area (Å²) >= 11 is 0. The van der Waals surface area contributed by atoms with Gasteiger partial charge in [0.1, 0.15) is 5.75 Å². The standard InChI is InChI=1S/C17H19NO3/c1-18(2)14-6-4-12(5-7-14)16-9-8-15(21-3)10-13(16)11-17(19)20/h4-10H,11H2,1-3H3,(H,19,20). The third kappa shape index (κ3) is 3.54. The molecule has 0 aliphatic carbocycles. The molecule has 0 radical (unpaired) electrons. The second-order valence-corrected chi connectivity index (χ2v) is 5.03. The Morgan fingerprint density at radius 2 is 1.81 bits per heavy atom. The van der Waals surface area contributed by atoms with Crippen molar-refractivity contribution in [2.45, 2.75) is 6.42 Å². The molecule has 0 atom stereocenters. The van der Waals surface area contributed by atoms with Crippen LogP contribution in [-0.2, 0) is 11.2 Å². The van der Waals surface area contributed by atoms with E-state index in [-0.39, 0.29) is 6.42 Å². The van der Waals surface area contributed by atoms with Gasteiger partial charge < -0.3 is 14.7 Å². The first-order chi connectivity index (χ1) is 10.0. The van der Waals surface area contributed by atoms with E-state index in [4.69, 9.17) is 9.84 Å². The van der Waals surface area contributed by atoms with Gasteiger partial charge in [0.05, 0.1) is 13.5 Å². The van der Waals surface area contributed by atoms with Crippen molar-refractivity contribution >= 4 is 11.7 Å². The van der Waals surface area contributed by atoms with Crippen molar-refractivity contribution in [1.29, 1.82) is 0 Å². The number of carbonyl (C=O) groups is 1. The second kappa shape index (κ2) is 6.31. The fourth-order valence-corrected chi connectivity index (χ4v) is 2.23. The van der Waals surface area contributed by atoms with Gasteiger partial charge in [-0.1, -0.05) is 18.2 Å².